The van der Waals surface area contributed by atoms with Crippen LogP contribution in [0.1, 0.15) is 10.4 Å². The molecule has 0 aliphatic heterocycles. The van der Waals surface area contributed by atoms with Crippen LogP contribution in [0.4, 0.5) is 16.2 Å². The van der Waals surface area contributed by atoms with Gasteiger partial charge in [0.15, 0.2) is 0 Å². The molecule has 0 spiro atoms. The summed E-state index contributed by atoms with van der Waals surface area (Å²) >= 11 is 11.8. The number of halogens is 2. The molecule has 0 aliphatic rings. The molecule has 0 fully saturated rings. The van der Waals surface area contributed by atoms with Crippen molar-refractivity contribution in [2.24, 2.45) is 0 Å². The maximum absolute atomic E-state index is 11.9. The van der Waals surface area contributed by atoms with E-state index < -0.39 is 12.0 Å². The van der Waals surface area contributed by atoms with Gasteiger partial charge in [-0.2, -0.15) is 0 Å². The van der Waals surface area contributed by atoms with Crippen LogP contribution in [0.2, 0.25) is 10.0 Å². The number of anilines is 2. The Morgan fingerprint density at radius 3 is 2.24 bits per heavy atom. The molecule has 0 heterocycles. The third-order valence-corrected chi connectivity index (χ3v) is 3.42. The second-order valence-electron chi connectivity index (χ2n) is 4.03. The molecule has 2 rings (SSSR count). The van der Waals surface area contributed by atoms with E-state index in [1.165, 1.54) is 12.1 Å². The van der Waals surface area contributed by atoms with Crippen molar-refractivity contribution in [3.05, 3.63) is 58.1 Å². The number of carboxylic acid groups (broad SMARTS) is 1. The molecule has 0 radical (unpaired) electrons. The van der Waals surface area contributed by atoms with Gasteiger partial charge in [-0.25, -0.2) is 9.59 Å². The number of rotatable bonds is 3. The largest absolute Gasteiger partial charge is 0.478 e. The number of carbonyl (C=O) groups is 2. The number of carboxylic acids is 1. The lowest BCUT2D eigenvalue weighted by atomic mass is 10.2. The van der Waals surface area contributed by atoms with E-state index in [-0.39, 0.29) is 16.3 Å². The Bertz CT molecular complexity index is 704. The minimum atomic E-state index is -1.13. The summed E-state index contributed by atoms with van der Waals surface area (Å²) in [4.78, 5) is 23.0. The number of urea groups is 1. The van der Waals surface area contributed by atoms with Gasteiger partial charge < -0.3 is 15.7 Å². The van der Waals surface area contributed by atoms with Crippen LogP contribution < -0.4 is 10.6 Å². The maximum Gasteiger partial charge on any atom is 0.337 e. The van der Waals surface area contributed by atoms with Crippen molar-refractivity contribution in [1.82, 2.24) is 0 Å². The summed E-state index contributed by atoms with van der Waals surface area (Å²) in [5.74, 6) is -1.13. The molecule has 2 amide bonds. The number of nitrogens with one attached hydrogen (secondary N) is 2. The van der Waals surface area contributed by atoms with Gasteiger partial charge in [-0.1, -0.05) is 41.4 Å². The standard InChI is InChI=1S/C14H10Cl2N2O3/c15-9-5-3-7-11(12(9)16)18-14(21)17-10-6-2-1-4-8(10)13(19)20/h1-7H,(H,19,20)(H2,17,18,21). The quantitative estimate of drug-likeness (QED) is 0.785. The Morgan fingerprint density at radius 1 is 0.905 bits per heavy atom. The molecular formula is C14H10Cl2N2O3. The molecule has 5 nitrogen and oxygen atoms in total. The first-order chi connectivity index (χ1) is 9.99. The van der Waals surface area contributed by atoms with Crippen molar-refractivity contribution >= 4 is 46.6 Å². The number of hydrogen-bond donors (Lipinski definition) is 3. The molecule has 21 heavy (non-hydrogen) atoms. The Kier molecular flexibility index (Phi) is 4.67. The van der Waals surface area contributed by atoms with Crippen LogP contribution in [0.5, 0.6) is 0 Å². The number of hydrogen-bond acceptors (Lipinski definition) is 2. The predicted octanol–water partition coefficient (Wildman–Crippen LogP) is 4.34. The average Bonchev–Trinajstić information content (AvgIpc) is 2.44. The van der Waals surface area contributed by atoms with E-state index in [0.29, 0.717) is 10.7 Å². The topological polar surface area (TPSA) is 78.4 Å². The predicted molar refractivity (Wildman–Crippen MR) is 82.5 cm³/mol. The fraction of sp³-hybridized carbons (Fsp3) is 0. The number of amides is 2. The molecule has 0 saturated heterocycles. The Balaban J connectivity index is 2.16. The fourth-order valence-electron chi connectivity index (χ4n) is 1.65. The van der Waals surface area contributed by atoms with Crippen molar-refractivity contribution in [2.75, 3.05) is 10.6 Å². The highest BCUT2D eigenvalue weighted by Gasteiger charge is 2.13. The summed E-state index contributed by atoms with van der Waals surface area (Å²) in [6.45, 7) is 0. The molecule has 0 aromatic heterocycles. The minimum absolute atomic E-state index is 0.00941. The van der Waals surface area contributed by atoms with Gasteiger partial charge in [0.05, 0.1) is 27.0 Å². The van der Waals surface area contributed by atoms with E-state index >= 15 is 0 Å². The van der Waals surface area contributed by atoms with Crippen LogP contribution in [0.25, 0.3) is 0 Å². The Labute approximate surface area is 130 Å². The second-order valence-corrected chi connectivity index (χ2v) is 4.82. The minimum Gasteiger partial charge on any atom is -0.478 e. The smallest absolute Gasteiger partial charge is 0.337 e. The zero-order valence-corrected chi connectivity index (χ0v) is 12.1. The normalized spacial score (nSPS) is 10.0. The molecule has 3 N–H and O–H groups in total. The first-order valence-corrected chi connectivity index (χ1v) is 6.59. The summed E-state index contributed by atoms with van der Waals surface area (Å²) < 4.78 is 0. The van der Waals surface area contributed by atoms with Crippen molar-refractivity contribution in [3.8, 4) is 0 Å². The van der Waals surface area contributed by atoms with Crippen LogP contribution in [-0.4, -0.2) is 17.1 Å². The molecular weight excluding hydrogens is 315 g/mol. The summed E-state index contributed by atoms with van der Waals surface area (Å²) in [7, 11) is 0. The molecule has 0 bridgehead atoms. The highest BCUT2D eigenvalue weighted by molar-refractivity contribution is 6.44. The molecule has 2 aromatic carbocycles. The maximum atomic E-state index is 11.9. The van der Waals surface area contributed by atoms with Crippen molar-refractivity contribution in [3.63, 3.8) is 0 Å². The van der Waals surface area contributed by atoms with Gasteiger partial charge >= 0.3 is 12.0 Å². The van der Waals surface area contributed by atoms with Crippen molar-refractivity contribution < 1.29 is 14.7 Å². The van der Waals surface area contributed by atoms with Crippen LogP contribution in [0, 0.1) is 0 Å². The Hall–Kier alpha value is -2.24. The molecule has 0 atom stereocenters. The highest BCUT2D eigenvalue weighted by Crippen LogP contribution is 2.29. The summed E-state index contributed by atoms with van der Waals surface area (Å²) in [6.07, 6.45) is 0. The van der Waals surface area contributed by atoms with Crippen LogP contribution in [0.15, 0.2) is 42.5 Å². The number of benzene rings is 2. The first-order valence-electron chi connectivity index (χ1n) is 5.83. The zero-order valence-electron chi connectivity index (χ0n) is 10.6. The van der Waals surface area contributed by atoms with Gasteiger partial charge in [0.25, 0.3) is 0 Å². The summed E-state index contributed by atoms with van der Waals surface area (Å²) in [5, 5.41) is 14.5. The second kappa shape index (κ2) is 6.47. The average molecular weight is 325 g/mol. The molecule has 2 aromatic rings. The van der Waals surface area contributed by atoms with E-state index in [1.54, 1.807) is 30.3 Å². The fourth-order valence-corrected chi connectivity index (χ4v) is 2.00. The van der Waals surface area contributed by atoms with E-state index in [4.69, 9.17) is 28.3 Å². The van der Waals surface area contributed by atoms with Crippen LogP contribution >= 0.6 is 23.2 Å². The summed E-state index contributed by atoms with van der Waals surface area (Å²) in [5.41, 5.74) is 0.500. The van der Waals surface area contributed by atoms with Gasteiger partial charge in [0.2, 0.25) is 0 Å². The first kappa shape index (κ1) is 15.2. The number of para-hydroxylation sites is 1. The lowest BCUT2D eigenvalue weighted by Gasteiger charge is -2.11. The SMILES string of the molecule is O=C(Nc1ccccc1C(=O)O)Nc1cccc(Cl)c1Cl. The van der Waals surface area contributed by atoms with E-state index in [9.17, 15) is 9.59 Å². The highest BCUT2D eigenvalue weighted by atomic mass is 35.5. The van der Waals surface area contributed by atoms with Gasteiger partial charge in [0, 0.05) is 0 Å². The Morgan fingerprint density at radius 2 is 1.52 bits per heavy atom. The lowest BCUT2D eigenvalue weighted by molar-refractivity contribution is 0.0698. The van der Waals surface area contributed by atoms with Crippen LogP contribution in [-0.2, 0) is 0 Å². The molecule has 7 heteroatoms. The van der Waals surface area contributed by atoms with E-state index in [1.807, 2.05) is 0 Å². The molecule has 108 valence electrons. The van der Waals surface area contributed by atoms with Crippen molar-refractivity contribution in [1.29, 1.82) is 0 Å². The number of carbonyl (C=O) groups excluding carboxylic acids is 1. The van der Waals surface area contributed by atoms with E-state index in [2.05, 4.69) is 10.6 Å². The third-order valence-electron chi connectivity index (χ3n) is 2.61. The van der Waals surface area contributed by atoms with Gasteiger partial charge in [-0.05, 0) is 24.3 Å². The zero-order chi connectivity index (χ0) is 15.4. The van der Waals surface area contributed by atoms with Gasteiger partial charge in [0.1, 0.15) is 0 Å². The molecule has 0 aliphatic carbocycles. The van der Waals surface area contributed by atoms with Crippen LogP contribution in [0.3, 0.4) is 0 Å². The third kappa shape index (κ3) is 3.65. The monoisotopic (exact) mass is 324 g/mol. The van der Waals surface area contributed by atoms with Crippen molar-refractivity contribution in [2.45, 2.75) is 0 Å². The molecule has 0 unspecified atom stereocenters. The number of aromatic carboxylic acids is 1. The summed E-state index contributed by atoms with van der Waals surface area (Å²) in [6, 6.07) is 10.3. The van der Waals surface area contributed by atoms with E-state index in [0.717, 1.165) is 0 Å². The van der Waals surface area contributed by atoms with Gasteiger partial charge in [-0.15, -0.1) is 0 Å². The van der Waals surface area contributed by atoms with Gasteiger partial charge in [-0.3, -0.25) is 0 Å². The lowest BCUT2D eigenvalue weighted by Crippen LogP contribution is -2.21. The molecule has 0 saturated carbocycles.